The lowest BCUT2D eigenvalue weighted by molar-refractivity contribution is 0.602. The Balaban J connectivity index is 3.35. The minimum atomic E-state index is -4.10. The molecule has 0 aromatic heterocycles. The first kappa shape index (κ1) is 11.6. The Kier molecular flexibility index (Phi) is 3.36. The van der Waals surface area contributed by atoms with Crippen molar-refractivity contribution in [3.63, 3.8) is 0 Å². The van der Waals surface area contributed by atoms with Crippen molar-refractivity contribution in [2.75, 3.05) is 0 Å². The van der Waals surface area contributed by atoms with Crippen molar-refractivity contribution < 1.29 is 8.42 Å². The van der Waals surface area contributed by atoms with Crippen LogP contribution in [-0.4, -0.2) is 14.3 Å². The van der Waals surface area contributed by atoms with Gasteiger partial charge >= 0.3 is 0 Å². The highest BCUT2D eigenvalue weighted by molar-refractivity contribution is 7.95. The second-order valence-corrected chi connectivity index (χ2v) is 4.77. The number of rotatable bonds is 3. The van der Waals surface area contributed by atoms with E-state index in [1.165, 1.54) is 30.1 Å². The zero-order valence-corrected chi connectivity index (χ0v) is 8.79. The van der Waals surface area contributed by atoms with Gasteiger partial charge in [-0.3, -0.25) is 0 Å². The van der Waals surface area contributed by atoms with Gasteiger partial charge in [-0.25, -0.2) is 14.3 Å². The second kappa shape index (κ2) is 4.35. The Morgan fingerprint density at radius 3 is 2.27 bits per heavy atom. The van der Waals surface area contributed by atoms with Crippen molar-refractivity contribution in [1.82, 2.24) is 0 Å². The molecule has 0 fully saturated rings. The number of nitroso groups, excluding NO2 is 1. The van der Waals surface area contributed by atoms with Crippen LogP contribution in [0.3, 0.4) is 0 Å². The fourth-order valence-electron chi connectivity index (χ4n) is 0.855. The predicted molar refractivity (Wildman–Crippen MR) is 56.3 cm³/mol. The molecule has 15 heavy (non-hydrogen) atoms. The van der Waals surface area contributed by atoms with Crippen LogP contribution in [0, 0.1) is 4.91 Å². The van der Waals surface area contributed by atoms with Gasteiger partial charge in [-0.1, -0.05) is 11.6 Å². The van der Waals surface area contributed by atoms with E-state index in [4.69, 9.17) is 17.0 Å². The van der Waals surface area contributed by atoms with E-state index in [-0.39, 0.29) is 4.90 Å². The Hall–Kier alpha value is -1.49. The van der Waals surface area contributed by atoms with Crippen LogP contribution in [0.1, 0.15) is 0 Å². The van der Waals surface area contributed by atoms with Gasteiger partial charge in [0.05, 0.1) is 4.90 Å². The fraction of sp³-hybridized carbons (Fsp3) is 0. The molecule has 0 amide bonds. The number of sulfone groups is 1. The smallest absolute Gasteiger partial charge is 0.233 e. The maximum absolute atomic E-state index is 11.5. The quantitative estimate of drug-likeness (QED) is 0.601. The lowest BCUT2D eigenvalue weighted by Gasteiger charge is -2.01. The summed E-state index contributed by atoms with van der Waals surface area (Å²) in [5.41, 5.74) is 0. The summed E-state index contributed by atoms with van der Waals surface area (Å²) in [6.45, 7) is 0. The molecule has 1 aromatic carbocycles. The lowest BCUT2D eigenvalue weighted by atomic mass is 10.4. The van der Waals surface area contributed by atoms with Gasteiger partial charge in [0.2, 0.25) is 14.9 Å². The highest BCUT2D eigenvalue weighted by Crippen LogP contribution is 2.20. The van der Waals surface area contributed by atoms with Crippen LogP contribution < -0.4 is 0 Å². The van der Waals surface area contributed by atoms with Crippen LogP contribution >= 0.6 is 11.6 Å². The zero-order chi connectivity index (χ0) is 11.5. The molecule has 5 nitrogen and oxygen atoms in total. The molecule has 0 saturated heterocycles. The summed E-state index contributed by atoms with van der Waals surface area (Å²) in [4.78, 5) is 9.92. The molecule has 1 rings (SSSR count). The van der Waals surface area contributed by atoms with Crippen molar-refractivity contribution in [2.24, 2.45) is 5.18 Å². The molecule has 0 saturated carbocycles. The first-order valence-corrected chi connectivity index (χ1v) is 5.49. The van der Waals surface area contributed by atoms with Crippen LogP contribution in [0.5, 0.6) is 0 Å². The number of benzene rings is 1. The van der Waals surface area contributed by atoms with Crippen LogP contribution in [0.2, 0.25) is 5.02 Å². The largest absolute Gasteiger partial charge is 0.761 e. The molecule has 78 valence electrons. The van der Waals surface area contributed by atoms with Gasteiger partial charge in [-0.05, 0) is 29.4 Å². The first-order valence-electron chi connectivity index (χ1n) is 3.63. The van der Waals surface area contributed by atoms with Gasteiger partial charge < -0.3 is 5.41 Å². The second-order valence-electron chi connectivity index (χ2n) is 2.47. The van der Waals surface area contributed by atoms with E-state index in [0.717, 1.165) is 0 Å². The summed E-state index contributed by atoms with van der Waals surface area (Å²) < 4.78 is 23.0. The van der Waals surface area contributed by atoms with Gasteiger partial charge in [0, 0.05) is 5.02 Å². The minimum absolute atomic E-state index is 0.192. The van der Waals surface area contributed by atoms with Gasteiger partial charge in [0.15, 0.2) is 0 Å². The van der Waals surface area contributed by atoms with E-state index in [1.807, 2.05) is 0 Å². The third-order valence-corrected chi connectivity index (χ3v) is 3.38. The van der Waals surface area contributed by atoms with Crippen molar-refractivity contribution in [2.45, 2.75) is 4.90 Å². The molecule has 0 atom stereocenters. The van der Waals surface area contributed by atoms with Gasteiger partial charge in [0.25, 0.3) is 0 Å². The van der Waals surface area contributed by atoms with E-state index in [9.17, 15) is 13.3 Å². The number of nitrogens with zero attached hydrogens (tertiary/aromatic N) is 2. The first-order chi connectivity index (χ1) is 7.02. The van der Waals surface area contributed by atoms with Crippen molar-refractivity contribution in [1.29, 1.82) is 0 Å². The van der Waals surface area contributed by atoms with E-state index in [1.54, 1.807) is 0 Å². The molecule has 0 spiro atoms. The van der Waals surface area contributed by atoms with Crippen LogP contribution in [0.4, 0.5) is 0 Å². The minimum Gasteiger partial charge on any atom is -0.761 e. The van der Waals surface area contributed by atoms with E-state index >= 15 is 0 Å². The molecule has 0 aliphatic rings. The molecule has 0 heterocycles. The average molecular weight is 244 g/mol. The van der Waals surface area contributed by atoms with E-state index in [0.29, 0.717) is 5.02 Å². The Bertz CT molecular complexity index is 530. The van der Waals surface area contributed by atoms with Crippen molar-refractivity contribution >= 4 is 27.3 Å². The van der Waals surface area contributed by atoms with Crippen molar-refractivity contribution in [3.05, 3.63) is 44.6 Å². The molecular weight excluding hydrogens is 240 g/mol. The normalized spacial score (nSPS) is 10.5. The molecular formula is C8H4ClN2O3S-. The van der Waals surface area contributed by atoms with Crippen molar-refractivity contribution in [3.8, 4) is 0 Å². The zero-order valence-electron chi connectivity index (χ0n) is 7.21. The third kappa shape index (κ3) is 2.30. The summed E-state index contributed by atoms with van der Waals surface area (Å²) in [6, 6.07) is 5.07. The molecule has 1 aromatic rings. The van der Waals surface area contributed by atoms with Gasteiger partial charge in [-0.2, -0.15) is 0 Å². The van der Waals surface area contributed by atoms with Gasteiger partial charge in [0.1, 0.15) is 0 Å². The van der Waals surface area contributed by atoms with E-state index < -0.39 is 14.9 Å². The van der Waals surface area contributed by atoms with Crippen LogP contribution in [0.15, 0.2) is 39.4 Å². The molecule has 0 N–H and O–H groups in total. The van der Waals surface area contributed by atoms with E-state index in [2.05, 4.69) is 5.18 Å². The molecule has 0 radical (unpaired) electrons. The lowest BCUT2D eigenvalue weighted by Crippen LogP contribution is -2.03. The summed E-state index contributed by atoms with van der Waals surface area (Å²) in [5.74, 6) is 1.22. The number of hydrogen-bond acceptors (Lipinski definition) is 4. The maximum Gasteiger partial charge on any atom is 0.233 e. The third-order valence-electron chi connectivity index (χ3n) is 1.56. The standard InChI is InChI=1S/C8H4ClN2O3S/c9-6-1-3-7(4-2-6)15(13,14)8(5-10)11-12/h1-4H/q-1. The summed E-state index contributed by atoms with van der Waals surface area (Å²) >= 11 is 5.56. The van der Waals surface area contributed by atoms with Gasteiger partial charge in [-0.15, -0.1) is 4.91 Å². The van der Waals surface area contributed by atoms with Crippen LogP contribution in [-0.2, 0) is 9.84 Å². The SMILES string of the molecule is [N-]=C=C(N=O)S(=O)(=O)c1ccc(Cl)cc1. The molecule has 0 unspecified atom stereocenters. The van der Waals surface area contributed by atoms with Crippen LogP contribution in [0.25, 0.3) is 5.41 Å². The Labute approximate surface area is 90.8 Å². The summed E-state index contributed by atoms with van der Waals surface area (Å²) in [6.07, 6.45) is 0. The highest BCUT2D eigenvalue weighted by atomic mass is 35.5. The number of hydrogen-bond donors (Lipinski definition) is 0. The molecule has 0 bridgehead atoms. The fourth-order valence-corrected chi connectivity index (χ4v) is 1.92. The summed E-state index contributed by atoms with van der Waals surface area (Å²) in [7, 11) is -4.10. The highest BCUT2D eigenvalue weighted by Gasteiger charge is 2.20. The Morgan fingerprint density at radius 1 is 1.33 bits per heavy atom. The molecule has 0 aliphatic heterocycles. The number of halogens is 1. The molecule has 7 heteroatoms. The topological polar surface area (TPSA) is 85.9 Å². The monoisotopic (exact) mass is 243 g/mol. The molecule has 0 aliphatic carbocycles. The maximum atomic E-state index is 11.5. The summed E-state index contributed by atoms with van der Waals surface area (Å²) in [5, 5.41) is 9.84. The Morgan fingerprint density at radius 2 is 1.87 bits per heavy atom. The average Bonchev–Trinajstić information content (AvgIpc) is 2.19. The predicted octanol–water partition coefficient (Wildman–Crippen LogP) is 1.96.